The molecule has 1 aromatic heterocycles. The average Bonchev–Trinajstić information content (AvgIpc) is 3.34. The molecule has 3 aromatic rings. The normalized spacial score (nSPS) is 24.1. The lowest BCUT2D eigenvalue weighted by Crippen LogP contribution is -2.36. The molecule has 0 radical (unpaired) electrons. The Morgan fingerprint density at radius 3 is 2.38 bits per heavy atom. The molecule has 2 unspecified atom stereocenters. The lowest BCUT2D eigenvalue weighted by molar-refractivity contribution is 0.122. The number of benzene rings is 2. The van der Waals surface area contributed by atoms with Crippen molar-refractivity contribution >= 4 is 11.4 Å². The van der Waals surface area contributed by atoms with E-state index in [4.69, 9.17) is 4.74 Å². The molecule has 0 bridgehead atoms. The summed E-state index contributed by atoms with van der Waals surface area (Å²) in [4.78, 5) is 12.8. The molecular weight excluding hydrogens is 429 g/mol. The van der Waals surface area contributed by atoms with Crippen LogP contribution >= 0.6 is 0 Å². The number of likely N-dealkylation sites (tertiary alicyclic amines) is 1. The second-order valence-electron chi connectivity index (χ2n) is 9.66. The summed E-state index contributed by atoms with van der Waals surface area (Å²) in [5, 5.41) is 3.48. The summed E-state index contributed by atoms with van der Waals surface area (Å²) >= 11 is 0. The van der Waals surface area contributed by atoms with Gasteiger partial charge in [0.2, 0.25) is 0 Å². The Kier molecular flexibility index (Phi) is 5.89. The predicted octanol–water partition coefficient (Wildman–Crippen LogP) is 3.91. The van der Waals surface area contributed by atoms with Crippen molar-refractivity contribution in [2.45, 2.75) is 6.54 Å². The first-order valence-electron chi connectivity index (χ1n) is 12.2. The molecule has 176 valence electrons. The van der Waals surface area contributed by atoms with Crippen molar-refractivity contribution in [2.24, 2.45) is 17.8 Å². The van der Waals surface area contributed by atoms with Crippen molar-refractivity contribution in [1.29, 1.82) is 0 Å². The fraction of sp³-hybridized carbons (Fsp3) is 0.407. The highest BCUT2D eigenvalue weighted by Crippen LogP contribution is 2.51. The maximum atomic E-state index is 14.6. The molecule has 3 aliphatic rings. The molecule has 2 saturated heterocycles. The third-order valence-electron chi connectivity index (χ3n) is 7.54. The van der Waals surface area contributed by atoms with Gasteiger partial charge in [-0.05, 0) is 47.1 Å². The summed E-state index contributed by atoms with van der Waals surface area (Å²) in [6, 6.07) is 14.3. The van der Waals surface area contributed by atoms with Gasteiger partial charge in [-0.25, -0.2) is 14.4 Å². The molecule has 1 N–H and O–H groups in total. The molecule has 7 heteroatoms. The minimum Gasteiger partial charge on any atom is -0.385 e. The Bertz CT molecular complexity index is 1110. The van der Waals surface area contributed by atoms with Crippen LogP contribution in [0.2, 0.25) is 0 Å². The monoisotopic (exact) mass is 459 g/mol. The number of anilines is 2. The Hall–Kier alpha value is -3.03. The molecular formula is C27H30FN5O. The van der Waals surface area contributed by atoms with Gasteiger partial charge in [-0.1, -0.05) is 24.3 Å². The number of fused-ring (bicyclic) bond motifs is 1. The van der Waals surface area contributed by atoms with Crippen LogP contribution in [0.1, 0.15) is 5.56 Å². The molecule has 3 fully saturated rings. The standard InChI is InChI=1S/C27H30FN5O/c28-26-11-22(5-6-27(26)33-7-9-34-10-8-33)31-14-23-24-16-32(17-25(23)24)15-19-1-3-20(4-2-19)21-12-29-18-30-13-21/h1-6,11-13,18,23-25,31H,7-10,14-17H2. The zero-order chi connectivity index (χ0) is 22.9. The van der Waals surface area contributed by atoms with Crippen molar-refractivity contribution in [3.63, 3.8) is 0 Å². The van der Waals surface area contributed by atoms with E-state index in [1.807, 2.05) is 24.5 Å². The molecule has 6 nitrogen and oxygen atoms in total. The van der Waals surface area contributed by atoms with Gasteiger partial charge in [-0.15, -0.1) is 0 Å². The number of rotatable bonds is 7. The molecule has 2 atom stereocenters. The molecule has 3 heterocycles. The van der Waals surface area contributed by atoms with Crippen LogP contribution in [0.15, 0.2) is 61.2 Å². The van der Waals surface area contributed by atoms with E-state index in [0.29, 0.717) is 24.8 Å². The van der Waals surface area contributed by atoms with Crippen LogP contribution in [-0.4, -0.2) is 60.8 Å². The summed E-state index contributed by atoms with van der Waals surface area (Å²) < 4.78 is 20.0. The largest absolute Gasteiger partial charge is 0.385 e. The van der Waals surface area contributed by atoms with Crippen LogP contribution in [0, 0.1) is 23.6 Å². The maximum absolute atomic E-state index is 14.6. The van der Waals surface area contributed by atoms with Crippen LogP contribution in [0.25, 0.3) is 11.1 Å². The first-order chi connectivity index (χ1) is 16.7. The van der Waals surface area contributed by atoms with Gasteiger partial charge >= 0.3 is 0 Å². The number of ether oxygens (including phenoxy) is 1. The highest BCUT2D eigenvalue weighted by atomic mass is 19.1. The van der Waals surface area contributed by atoms with E-state index in [9.17, 15) is 4.39 Å². The van der Waals surface area contributed by atoms with Crippen LogP contribution in [0.5, 0.6) is 0 Å². The summed E-state index contributed by atoms with van der Waals surface area (Å²) in [5.74, 6) is 2.05. The molecule has 34 heavy (non-hydrogen) atoms. The van der Waals surface area contributed by atoms with Crippen LogP contribution < -0.4 is 10.2 Å². The number of hydrogen-bond acceptors (Lipinski definition) is 6. The number of morpholine rings is 1. The van der Waals surface area contributed by atoms with Gasteiger partial charge in [0.25, 0.3) is 0 Å². The van der Waals surface area contributed by atoms with Gasteiger partial charge < -0.3 is 15.0 Å². The number of halogens is 1. The minimum absolute atomic E-state index is 0.153. The van der Waals surface area contributed by atoms with E-state index < -0.39 is 0 Å². The third-order valence-corrected chi connectivity index (χ3v) is 7.54. The fourth-order valence-electron chi connectivity index (χ4n) is 5.59. The highest BCUT2D eigenvalue weighted by Gasteiger charge is 2.54. The van der Waals surface area contributed by atoms with E-state index in [-0.39, 0.29) is 5.82 Å². The first-order valence-corrected chi connectivity index (χ1v) is 12.2. The van der Waals surface area contributed by atoms with Gasteiger partial charge in [0, 0.05) is 62.9 Å². The van der Waals surface area contributed by atoms with E-state index in [2.05, 4.69) is 49.4 Å². The second-order valence-corrected chi connectivity index (χ2v) is 9.66. The van der Waals surface area contributed by atoms with Gasteiger partial charge in [0.1, 0.15) is 12.1 Å². The van der Waals surface area contributed by atoms with E-state index in [1.54, 1.807) is 12.4 Å². The van der Waals surface area contributed by atoms with Crippen molar-refractivity contribution in [2.75, 3.05) is 56.2 Å². The van der Waals surface area contributed by atoms with Crippen molar-refractivity contribution in [3.05, 3.63) is 72.6 Å². The lowest BCUT2D eigenvalue weighted by Gasteiger charge is -2.29. The van der Waals surface area contributed by atoms with Crippen LogP contribution in [0.3, 0.4) is 0 Å². The van der Waals surface area contributed by atoms with Gasteiger partial charge in [0.15, 0.2) is 0 Å². The topological polar surface area (TPSA) is 53.5 Å². The Morgan fingerprint density at radius 2 is 1.68 bits per heavy atom. The molecule has 6 rings (SSSR count). The van der Waals surface area contributed by atoms with E-state index in [0.717, 1.165) is 67.9 Å². The number of nitrogens with one attached hydrogen (secondary N) is 1. The fourth-order valence-corrected chi connectivity index (χ4v) is 5.59. The molecule has 1 aliphatic carbocycles. The quantitative estimate of drug-likeness (QED) is 0.578. The zero-order valence-corrected chi connectivity index (χ0v) is 19.2. The molecule has 2 aliphatic heterocycles. The highest BCUT2D eigenvalue weighted by molar-refractivity contribution is 5.61. The lowest BCUT2D eigenvalue weighted by atomic mass is 10.1. The molecule has 2 aromatic carbocycles. The molecule has 0 spiro atoms. The van der Waals surface area contributed by atoms with E-state index in [1.165, 1.54) is 5.56 Å². The number of nitrogens with zero attached hydrogens (tertiary/aromatic N) is 4. The predicted molar refractivity (Wildman–Crippen MR) is 131 cm³/mol. The Labute approximate surface area is 199 Å². The molecule has 0 amide bonds. The second kappa shape index (κ2) is 9.31. The first kappa shape index (κ1) is 21.5. The van der Waals surface area contributed by atoms with Crippen LogP contribution in [0.4, 0.5) is 15.8 Å². The summed E-state index contributed by atoms with van der Waals surface area (Å²) in [5.41, 5.74) is 5.09. The van der Waals surface area contributed by atoms with Gasteiger partial charge in [-0.3, -0.25) is 4.90 Å². The van der Waals surface area contributed by atoms with Crippen LogP contribution in [-0.2, 0) is 11.3 Å². The Balaban J connectivity index is 0.972. The smallest absolute Gasteiger partial charge is 0.148 e. The molecule has 1 saturated carbocycles. The minimum atomic E-state index is -0.153. The summed E-state index contributed by atoms with van der Waals surface area (Å²) in [6.07, 6.45) is 5.24. The maximum Gasteiger partial charge on any atom is 0.148 e. The van der Waals surface area contributed by atoms with E-state index >= 15 is 0 Å². The SMILES string of the molecule is Fc1cc(NCC2C3CN(Cc4ccc(-c5cncnc5)cc4)CC23)ccc1N1CCOCC1. The number of aromatic nitrogens is 2. The van der Waals surface area contributed by atoms with Gasteiger partial charge in [0.05, 0.1) is 18.9 Å². The average molecular weight is 460 g/mol. The number of hydrogen-bond donors (Lipinski definition) is 1. The third kappa shape index (κ3) is 4.50. The Morgan fingerprint density at radius 1 is 0.941 bits per heavy atom. The van der Waals surface area contributed by atoms with Crippen molar-refractivity contribution < 1.29 is 9.13 Å². The van der Waals surface area contributed by atoms with Crippen molar-refractivity contribution in [1.82, 2.24) is 14.9 Å². The zero-order valence-electron chi connectivity index (χ0n) is 19.2. The summed E-state index contributed by atoms with van der Waals surface area (Å²) in [7, 11) is 0. The van der Waals surface area contributed by atoms with Crippen molar-refractivity contribution in [3.8, 4) is 11.1 Å². The number of piperidine rings is 1. The van der Waals surface area contributed by atoms with Gasteiger partial charge in [-0.2, -0.15) is 0 Å². The summed E-state index contributed by atoms with van der Waals surface area (Å²) in [6.45, 7) is 7.03.